The molecule has 144 valence electrons. The summed E-state index contributed by atoms with van der Waals surface area (Å²) in [6.07, 6.45) is 9.38. The van der Waals surface area contributed by atoms with Crippen molar-refractivity contribution in [2.45, 2.75) is 25.4 Å². The number of hydrogen-bond donors (Lipinski definition) is 1. The zero-order valence-electron chi connectivity index (χ0n) is 15.5. The molecule has 0 radical (unpaired) electrons. The summed E-state index contributed by atoms with van der Waals surface area (Å²) in [7, 11) is 0. The van der Waals surface area contributed by atoms with Gasteiger partial charge >= 0.3 is 6.03 Å². The van der Waals surface area contributed by atoms with Crippen LogP contribution >= 0.6 is 0 Å². The SMILES string of the molecule is O=C(NCc1ccnc(N2CCOCC2)c1)N1CCC(n2ccnc2)CC1. The van der Waals surface area contributed by atoms with Gasteiger partial charge in [0.2, 0.25) is 0 Å². The van der Waals surface area contributed by atoms with Crippen LogP contribution in [-0.4, -0.2) is 64.9 Å². The van der Waals surface area contributed by atoms with Crippen molar-refractivity contribution >= 4 is 11.8 Å². The maximum absolute atomic E-state index is 12.5. The Bertz CT molecular complexity index is 736. The second-order valence-corrected chi connectivity index (χ2v) is 7.01. The van der Waals surface area contributed by atoms with Gasteiger partial charge in [0.1, 0.15) is 5.82 Å². The summed E-state index contributed by atoms with van der Waals surface area (Å²) < 4.78 is 7.53. The van der Waals surface area contributed by atoms with E-state index in [0.29, 0.717) is 12.6 Å². The van der Waals surface area contributed by atoms with E-state index in [1.807, 2.05) is 29.7 Å². The molecule has 0 aliphatic carbocycles. The molecule has 8 nitrogen and oxygen atoms in total. The number of carbonyl (C=O) groups is 1. The van der Waals surface area contributed by atoms with Crippen molar-refractivity contribution in [1.29, 1.82) is 0 Å². The van der Waals surface area contributed by atoms with Gasteiger partial charge in [-0.3, -0.25) is 0 Å². The Morgan fingerprint density at radius 3 is 2.74 bits per heavy atom. The average Bonchev–Trinajstić information content (AvgIpc) is 3.28. The number of rotatable bonds is 4. The lowest BCUT2D eigenvalue weighted by Crippen LogP contribution is -2.44. The van der Waals surface area contributed by atoms with Crippen molar-refractivity contribution in [2.75, 3.05) is 44.3 Å². The number of likely N-dealkylation sites (tertiary alicyclic amines) is 1. The second-order valence-electron chi connectivity index (χ2n) is 7.01. The minimum atomic E-state index is 0.00353. The van der Waals surface area contributed by atoms with Gasteiger partial charge in [0.25, 0.3) is 0 Å². The van der Waals surface area contributed by atoms with Crippen molar-refractivity contribution in [3.63, 3.8) is 0 Å². The lowest BCUT2D eigenvalue weighted by molar-refractivity contribution is 0.122. The molecule has 4 heterocycles. The van der Waals surface area contributed by atoms with Crippen LogP contribution in [0.25, 0.3) is 0 Å². The summed E-state index contributed by atoms with van der Waals surface area (Å²) in [6, 6.07) is 4.45. The number of urea groups is 1. The molecule has 0 aromatic carbocycles. The van der Waals surface area contributed by atoms with E-state index in [9.17, 15) is 4.79 Å². The number of hydrogen-bond acceptors (Lipinski definition) is 5. The molecule has 2 aromatic heterocycles. The minimum absolute atomic E-state index is 0.00353. The number of amides is 2. The maximum atomic E-state index is 12.5. The Balaban J connectivity index is 1.27. The fraction of sp³-hybridized carbons (Fsp3) is 0.526. The van der Waals surface area contributed by atoms with Gasteiger partial charge in [-0.2, -0.15) is 0 Å². The first kappa shape index (κ1) is 17.8. The normalized spacial score (nSPS) is 18.5. The van der Waals surface area contributed by atoms with E-state index in [-0.39, 0.29) is 6.03 Å². The van der Waals surface area contributed by atoms with Gasteiger partial charge in [-0.25, -0.2) is 14.8 Å². The number of aromatic nitrogens is 3. The standard InChI is InChI=1S/C19H26N6O2/c26-19(24-6-2-17(3-7-24)25-8-5-20-15-25)22-14-16-1-4-21-18(13-16)23-9-11-27-12-10-23/h1,4-5,8,13,15,17H,2-3,6-7,9-12,14H2,(H,22,26). The van der Waals surface area contributed by atoms with Crippen molar-refractivity contribution in [3.8, 4) is 0 Å². The third-order valence-electron chi connectivity index (χ3n) is 5.29. The lowest BCUT2D eigenvalue weighted by atomic mass is 10.1. The molecule has 4 rings (SSSR count). The molecular formula is C19H26N6O2. The molecular weight excluding hydrogens is 344 g/mol. The van der Waals surface area contributed by atoms with E-state index in [1.165, 1.54) is 0 Å². The lowest BCUT2D eigenvalue weighted by Gasteiger charge is -2.32. The quantitative estimate of drug-likeness (QED) is 0.886. The van der Waals surface area contributed by atoms with E-state index >= 15 is 0 Å². The molecule has 2 aliphatic rings. The molecule has 2 saturated heterocycles. The van der Waals surface area contributed by atoms with Gasteiger partial charge in [0.15, 0.2) is 0 Å². The molecule has 2 amide bonds. The molecule has 8 heteroatoms. The third kappa shape index (κ3) is 4.39. The van der Waals surface area contributed by atoms with E-state index in [2.05, 4.69) is 30.8 Å². The molecule has 0 spiro atoms. The summed E-state index contributed by atoms with van der Waals surface area (Å²) in [4.78, 5) is 25.2. The summed E-state index contributed by atoms with van der Waals surface area (Å²) in [6.45, 7) is 5.23. The molecule has 2 aromatic rings. The van der Waals surface area contributed by atoms with Gasteiger partial charge in [0, 0.05) is 57.4 Å². The minimum Gasteiger partial charge on any atom is -0.378 e. The Hall–Kier alpha value is -2.61. The summed E-state index contributed by atoms with van der Waals surface area (Å²) in [5.74, 6) is 0.950. The first-order valence-corrected chi connectivity index (χ1v) is 9.57. The van der Waals surface area contributed by atoms with Gasteiger partial charge in [0.05, 0.1) is 19.5 Å². The fourth-order valence-corrected chi connectivity index (χ4v) is 3.68. The monoisotopic (exact) mass is 370 g/mol. The predicted molar refractivity (Wildman–Crippen MR) is 102 cm³/mol. The number of pyridine rings is 1. The fourth-order valence-electron chi connectivity index (χ4n) is 3.68. The molecule has 0 atom stereocenters. The number of carbonyl (C=O) groups excluding carboxylic acids is 1. The van der Waals surface area contributed by atoms with E-state index in [4.69, 9.17) is 4.74 Å². The molecule has 2 aliphatic heterocycles. The number of piperidine rings is 1. The van der Waals surface area contributed by atoms with Gasteiger partial charge in [-0.05, 0) is 30.5 Å². The van der Waals surface area contributed by atoms with E-state index < -0.39 is 0 Å². The van der Waals surface area contributed by atoms with Crippen LogP contribution in [0.5, 0.6) is 0 Å². The highest BCUT2D eigenvalue weighted by Gasteiger charge is 2.23. The van der Waals surface area contributed by atoms with E-state index in [1.54, 1.807) is 6.20 Å². The maximum Gasteiger partial charge on any atom is 0.317 e. The molecule has 0 saturated carbocycles. The highest BCUT2D eigenvalue weighted by molar-refractivity contribution is 5.74. The Kier molecular flexibility index (Phi) is 5.53. The van der Waals surface area contributed by atoms with Crippen molar-refractivity contribution < 1.29 is 9.53 Å². The van der Waals surface area contributed by atoms with Crippen LogP contribution in [0.2, 0.25) is 0 Å². The van der Waals surface area contributed by atoms with Crippen molar-refractivity contribution in [2.24, 2.45) is 0 Å². The summed E-state index contributed by atoms with van der Waals surface area (Å²) in [5.41, 5.74) is 1.06. The second kappa shape index (κ2) is 8.39. The van der Waals surface area contributed by atoms with Crippen LogP contribution in [0.1, 0.15) is 24.4 Å². The van der Waals surface area contributed by atoms with Gasteiger partial charge < -0.3 is 24.4 Å². The van der Waals surface area contributed by atoms with Crippen LogP contribution in [0.3, 0.4) is 0 Å². The zero-order chi connectivity index (χ0) is 18.5. The summed E-state index contributed by atoms with van der Waals surface area (Å²) >= 11 is 0. The van der Waals surface area contributed by atoms with Crippen molar-refractivity contribution in [3.05, 3.63) is 42.6 Å². The first-order valence-electron chi connectivity index (χ1n) is 9.57. The number of nitrogens with zero attached hydrogens (tertiary/aromatic N) is 5. The molecule has 0 unspecified atom stereocenters. The summed E-state index contributed by atoms with van der Waals surface area (Å²) in [5, 5.41) is 3.05. The van der Waals surface area contributed by atoms with Crippen LogP contribution in [0.4, 0.5) is 10.6 Å². The Labute approximate surface area is 159 Å². The number of morpholine rings is 1. The first-order chi connectivity index (χ1) is 13.3. The molecule has 1 N–H and O–H groups in total. The zero-order valence-corrected chi connectivity index (χ0v) is 15.5. The smallest absolute Gasteiger partial charge is 0.317 e. The van der Waals surface area contributed by atoms with Crippen LogP contribution < -0.4 is 10.2 Å². The van der Waals surface area contributed by atoms with Crippen LogP contribution in [0, 0.1) is 0 Å². The molecule has 0 bridgehead atoms. The number of nitrogens with one attached hydrogen (secondary N) is 1. The number of imidazole rings is 1. The van der Waals surface area contributed by atoms with Gasteiger partial charge in [-0.15, -0.1) is 0 Å². The molecule has 2 fully saturated rings. The largest absolute Gasteiger partial charge is 0.378 e. The topological polar surface area (TPSA) is 75.5 Å². The third-order valence-corrected chi connectivity index (χ3v) is 5.29. The van der Waals surface area contributed by atoms with Crippen LogP contribution in [-0.2, 0) is 11.3 Å². The number of ether oxygens (including phenoxy) is 1. The van der Waals surface area contributed by atoms with Gasteiger partial charge in [-0.1, -0.05) is 0 Å². The highest BCUT2D eigenvalue weighted by Crippen LogP contribution is 2.22. The number of anilines is 1. The Morgan fingerprint density at radius 1 is 1.19 bits per heavy atom. The van der Waals surface area contributed by atoms with Crippen LogP contribution in [0.15, 0.2) is 37.1 Å². The average molecular weight is 370 g/mol. The predicted octanol–water partition coefficient (Wildman–Crippen LogP) is 1.66. The van der Waals surface area contributed by atoms with Crippen molar-refractivity contribution in [1.82, 2.24) is 24.8 Å². The highest BCUT2D eigenvalue weighted by atomic mass is 16.5. The van der Waals surface area contributed by atoms with E-state index in [0.717, 1.165) is 63.6 Å². The Morgan fingerprint density at radius 2 is 2.00 bits per heavy atom. The molecule has 27 heavy (non-hydrogen) atoms.